The van der Waals surface area contributed by atoms with Crippen LogP contribution in [0.4, 0.5) is 10.1 Å². The second kappa shape index (κ2) is 15.0. The van der Waals surface area contributed by atoms with Crippen molar-refractivity contribution >= 4 is 5.69 Å². The van der Waals surface area contributed by atoms with E-state index in [-0.39, 0.29) is 6.67 Å². The number of allylic oxidation sites excluding steroid dienone is 1. The minimum Gasteiger partial charge on any atom is -0.340 e. The van der Waals surface area contributed by atoms with Crippen LogP contribution in [0.1, 0.15) is 61.2 Å². The van der Waals surface area contributed by atoms with Crippen molar-refractivity contribution in [2.24, 2.45) is 0 Å². The van der Waals surface area contributed by atoms with E-state index in [9.17, 15) is 4.39 Å². The molecule has 0 radical (unpaired) electrons. The maximum atomic E-state index is 12.8. The Labute approximate surface area is 201 Å². The lowest BCUT2D eigenvalue weighted by molar-refractivity contribution is 0.494. The molecule has 33 heavy (non-hydrogen) atoms. The van der Waals surface area contributed by atoms with Crippen molar-refractivity contribution in [3.8, 4) is 0 Å². The third-order valence-corrected chi connectivity index (χ3v) is 5.31. The zero-order valence-corrected chi connectivity index (χ0v) is 21.6. The lowest BCUT2D eigenvalue weighted by Crippen LogP contribution is -2.22. The Hall–Kier alpha value is -2.94. The summed E-state index contributed by atoms with van der Waals surface area (Å²) < 4.78 is 12.8. The van der Waals surface area contributed by atoms with E-state index in [4.69, 9.17) is 0 Å². The van der Waals surface area contributed by atoms with Gasteiger partial charge in [0.1, 0.15) is 0 Å². The highest BCUT2D eigenvalue weighted by Gasteiger charge is 2.13. The van der Waals surface area contributed by atoms with Gasteiger partial charge in [-0.1, -0.05) is 80.9 Å². The Balaban J connectivity index is 0.000000412. The van der Waals surface area contributed by atoms with Gasteiger partial charge in [0.25, 0.3) is 0 Å². The zero-order valence-electron chi connectivity index (χ0n) is 21.6. The molecule has 0 fully saturated rings. The highest BCUT2D eigenvalue weighted by Crippen LogP contribution is 2.25. The SMILES string of the molecule is C=C(C)N(Cc1cc(C)ccc1CCF)c1cccnc1C.CC.CCc1ccc(C)cc1. The Bertz CT molecular complexity index is 977. The molecule has 3 rings (SSSR count). The van der Waals surface area contributed by atoms with Gasteiger partial charge in [-0.25, -0.2) is 0 Å². The standard InChI is InChI=1S/C19H23FN2.C9H12.C2H6/c1-14(2)22(19-6-5-11-21-16(19)4)13-18-12-15(3)7-8-17(18)9-10-20;1-3-9-6-4-8(2)5-7-9;1-2/h5-8,11-12H,1,9-10,13H2,2-4H3;4-7H,3H2,1-2H3;1-2H3. The van der Waals surface area contributed by atoms with E-state index in [1.54, 1.807) is 6.20 Å². The fourth-order valence-electron chi connectivity index (χ4n) is 3.43. The van der Waals surface area contributed by atoms with Gasteiger partial charge in [-0.15, -0.1) is 0 Å². The van der Waals surface area contributed by atoms with Gasteiger partial charge in [-0.05, 0) is 62.9 Å². The number of hydrogen-bond donors (Lipinski definition) is 0. The predicted octanol–water partition coefficient (Wildman–Crippen LogP) is 8.33. The summed E-state index contributed by atoms with van der Waals surface area (Å²) in [5, 5.41) is 0. The fraction of sp³-hybridized carbons (Fsp3) is 0.367. The molecule has 178 valence electrons. The van der Waals surface area contributed by atoms with Crippen LogP contribution in [0.5, 0.6) is 0 Å². The molecule has 0 aliphatic rings. The molecule has 3 heteroatoms. The van der Waals surface area contributed by atoms with Crippen LogP contribution in [0.25, 0.3) is 0 Å². The van der Waals surface area contributed by atoms with E-state index in [1.807, 2.05) is 52.0 Å². The first-order valence-corrected chi connectivity index (χ1v) is 11.9. The third kappa shape index (κ3) is 9.21. The highest BCUT2D eigenvalue weighted by molar-refractivity contribution is 5.55. The quantitative estimate of drug-likeness (QED) is 0.361. The monoisotopic (exact) mass is 448 g/mol. The molecule has 2 nitrogen and oxygen atoms in total. The van der Waals surface area contributed by atoms with Crippen molar-refractivity contribution in [2.45, 2.75) is 67.9 Å². The van der Waals surface area contributed by atoms with Crippen LogP contribution >= 0.6 is 0 Å². The minimum atomic E-state index is -0.338. The lowest BCUT2D eigenvalue weighted by atomic mass is 10.0. The first kappa shape index (κ1) is 28.1. The lowest BCUT2D eigenvalue weighted by Gasteiger charge is -2.27. The topological polar surface area (TPSA) is 16.1 Å². The number of halogens is 1. The summed E-state index contributed by atoms with van der Waals surface area (Å²) in [4.78, 5) is 6.50. The molecule has 0 unspecified atom stereocenters. The Morgan fingerprint density at radius 1 is 0.939 bits per heavy atom. The number of hydrogen-bond acceptors (Lipinski definition) is 2. The van der Waals surface area contributed by atoms with E-state index in [0.29, 0.717) is 13.0 Å². The van der Waals surface area contributed by atoms with Crippen LogP contribution in [0.3, 0.4) is 0 Å². The van der Waals surface area contributed by atoms with Crippen LogP contribution in [-0.2, 0) is 19.4 Å². The highest BCUT2D eigenvalue weighted by atomic mass is 19.1. The first-order chi connectivity index (χ1) is 15.8. The number of anilines is 1. The van der Waals surface area contributed by atoms with Gasteiger partial charge in [-0.2, -0.15) is 0 Å². The molecule has 0 spiro atoms. The number of nitrogens with zero attached hydrogens (tertiary/aromatic N) is 2. The van der Waals surface area contributed by atoms with E-state index in [0.717, 1.165) is 34.6 Å². The van der Waals surface area contributed by atoms with Crippen LogP contribution in [-0.4, -0.2) is 11.7 Å². The van der Waals surface area contributed by atoms with Crippen molar-refractivity contribution < 1.29 is 4.39 Å². The van der Waals surface area contributed by atoms with Gasteiger partial charge in [0.05, 0.1) is 18.1 Å². The summed E-state index contributed by atoms with van der Waals surface area (Å²) in [5.41, 5.74) is 9.09. The van der Waals surface area contributed by atoms with E-state index in [2.05, 4.69) is 67.6 Å². The molecule has 0 amide bonds. The molecule has 0 N–H and O–H groups in total. The minimum absolute atomic E-state index is 0.338. The third-order valence-electron chi connectivity index (χ3n) is 5.31. The largest absolute Gasteiger partial charge is 0.340 e. The fourth-order valence-corrected chi connectivity index (χ4v) is 3.43. The molecule has 0 atom stereocenters. The summed E-state index contributed by atoms with van der Waals surface area (Å²) in [5.74, 6) is 0. The van der Waals surface area contributed by atoms with Crippen LogP contribution in [0, 0.1) is 20.8 Å². The summed E-state index contributed by atoms with van der Waals surface area (Å²) in [7, 11) is 0. The second-order valence-electron chi connectivity index (χ2n) is 7.98. The second-order valence-corrected chi connectivity index (χ2v) is 7.98. The first-order valence-electron chi connectivity index (χ1n) is 11.9. The molecule has 0 bridgehead atoms. The molecular formula is C30H41FN2. The van der Waals surface area contributed by atoms with Gasteiger partial charge in [0.2, 0.25) is 0 Å². The van der Waals surface area contributed by atoms with Gasteiger partial charge in [-0.3, -0.25) is 9.37 Å². The Morgan fingerprint density at radius 3 is 2.12 bits per heavy atom. The van der Waals surface area contributed by atoms with E-state index in [1.165, 1.54) is 16.7 Å². The van der Waals surface area contributed by atoms with Crippen molar-refractivity contribution in [1.82, 2.24) is 4.98 Å². The average molecular weight is 449 g/mol. The number of alkyl halides is 1. The number of aryl methyl sites for hydroxylation is 5. The van der Waals surface area contributed by atoms with Crippen molar-refractivity contribution in [3.63, 3.8) is 0 Å². The normalized spacial score (nSPS) is 9.82. The Morgan fingerprint density at radius 2 is 1.58 bits per heavy atom. The smallest absolute Gasteiger partial charge is 0.0934 e. The van der Waals surface area contributed by atoms with Crippen molar-refractivity contribution in [2.75, 3.05) is 11.6 Å². The molecule has 2 aromatic carbocycles. The Kier molecular flexibility index (Phi) is 12.8. The summed E-state index contributed by atoms with van der Waals surface area (Å²) in [6, 6.07) is 18.8. The van der Waals surface area contributed by atoms with Gasteiger partial charge < -0.3 is 4.90 Å². The molecule has 0 aliphatic heterocycles. The molecule has 0 saturated heterocycles. The molecule has 1 heterocycles. The van der Waals surface area contributed by atoms with E-state index >= 15 is 0 Å². The molecule has 3 aromatic rings. The molecule has 0 aliphatic carbocycles. The van der Waals surface area contributed by atoms with Crippen LogP contribution in [0.15, 0.2) is 73.1 Å². The maximum Gasteiger partial charge on any atom is 0.0934 e. The summed E-state index contributed by atoms with van der Waals surface area (Å²) in [6.07, 6.45) is 3.38. The van der Waals surface area contributed by atoms with Gasteiger partial charge >= 0.3 is 0 Å². The molecular weight excluding hydrogens is 407 g/mol. The van der Waals surface area contributed by atoms with E-state index < -0.39 is 0 Å². The van der Waals surface area contributed by atoms with Gasteiger partial charge in [0, 0.05) is 24.9 Å². The number of aromatic nitrogens is 1. The van der Waals surface area contributed by atoms with Gasteiger partial charge in [0.15, 0.2) is 0 Å². The van der Waals surface area contributed by atoms with Crippen LogP contribution in [0.2, 0.25) is 0 Å². The maximum absolute atomic E-state index is 12.8. The van der Waals surface area contributed by atoms with Crippen molar-refractivity contribution in [1.29, 1.82) is 0 Å². The number of pyridine rings is 1. The zero-order chi connectivity index (χ0) is 24.8. The van der Waals surface area contributed by atoms with Crippen LogP contribution < -0.4 is 4.90 Å². The molecule has 0 saturated carbocycles. The molecule has 1 aromatic heterocycles. The summed E-state index contributed by atoms with van der Waals surface area (Å²) in [6.45, 7) is 18.7. The van der Waals surface area contributed by atoms with Crippen molar-refractivity contribution in [3.05, 3.63) is 107 Å². The summed E-state index contributed by atoms with van der Waals surface area (Å²) >= 11 is 0. The predicted molar refractivity (Wildman–Crippen MR) is 143 cm³/mol. The number of benzene rings is 2. The average Bonchev–Trinajstić information content (AvgIpc) is 2.82. The number of rotatable bonds is 7.